The number of carboxylic acid groups (broad SMARTS) is 1. The van der Waals surface area contributed by atoms with E-state index >= 15 is 0 Å². The number of anilines is 1. The molecule has 1 aliphatic heterocycles. The first-order chi connectivity index (χ1) is 9.47. The molecule has 0 radical (unpaired) electrons. The van der Waals surface area contributed by atoms with Gasteiger partial charge in [-0.25, -0.2) is 4.68 Å². The Labute approximate surface area is 121 Å². The van der Waals surface area contributed by atoms with Gasteiger partial charge in [0.15, 0.2) is 5.38 Å². The van der Waals surface area contributed by atoms with Crippen LogP contribution in [0.25, 0.3) is 0 Å². The third-order valence-corrected chi connectivity index (χ3v) is 3.65. The number of aliphatic carboxylic acids is 1. The standard InChI is InChI=1S/C12H17ClN4O3/c1-15-2-4-16(5-3-15)9-6-11(18)17(14-7-9)8-10(13)12(19)20/h6-7,10H,2-5,8H2,1H3,(H,19,20). The molecule has 0 spiro atoms. The number of carbonyl (C=O) groups is 1. The van der Waals surface area contributed by atoms with Gasteiger partial charge in [-0.1, -0.05) is 0 Å². The fourth-order valence-corrected chi connectivity index (χ4v) is 2.16. The van der Waals surface area contributed by atoms with Crippen molar-refractivity contribution < 1.29 is 9.90 Å². The molecule has 1 aromatic heterocycles. The molecule has 1 aliphatic rings. The van der Waals surface area contributed by atoms with Crippen molar-refractivity contribution >= 4 is 23.3 Å². The van der Waals surface area contributed by atoms with Crippen LogP contribution in [-0.2, 0) is 11.3 Å². The fraction of sp³-hybridized carbons (Fsp3) is 0.583. The summed E-state index contributed by atoms with van der Waals surface area (Å²) in [6, 6.07) is 1.48. The number of carboxylic acids is 1. The van der Waals surface area contributed by atoms with Crippen molar-refractivity contribution in [3.8, 4) is 0 Å². The second-order valence-electron chi connectivity index (χ2n) is 4.83. The first-order valence-corrected chi connectivity index (χ1v) is 6.78. The van der Waals surface area contributed by atoms with Gasteiger partial charge in [-0.15, -0.1) is 11.6 Å². The Balaban J connectivity index is 2.10. The molecule has 0 bridgehead atoms. The van der Waals surface area contributed by atoms with E-state index in [9.17, 15) is 9.59 Å². The quantitative estimate of drug-likeness (QED) is 0.768. The van der Waals surface area contributed by atoms with Gasteiger partial charge in [-0.05, 0) is 7.05 Å². The van der Waals surface area contributed by atoms with E-state index < -0.39 is 11.3 Å². The molecule has 110 valence electrons. The van der Waals surface area contributed by atoms with Crippen molar-refractivity contribution in [2.24, 2.45) is 0 Å². The van der Waals surface area contributed by atoms with Crippen LogP contribution in [0.2, 0.25) is 0 Å². The lowest BCUT2D eigenvalue weighted by atomic mass is 10.3. The molecule has 0 saturated carbocycles. The van der Waals surface area contributed by atoms with E-state index in [1.165, 1.54) is 6.07 Å². The first kappa shape index (κ1) is 14.8. The summed E-state index contributed by atoms with van der Waals surface area (Å²) in [6.07, 6.45) is 1.58. The predicted octanol–water partition coefficient (Wildman–Crippen LogP) is -0.313. The molecule has 1 unspecified atom stereocenters. The maximum absolute atomic E-state index is 11.9. The van der Waals surface area contributed by atoms with E-state index in [2.05, 4.69) is 21.9 Å². The summed E-state index contributed by atoms with van der Waals surface area (Å²) >= 11 is 5.61. The summed E-state index contributed by atoms with van der Waals surface area (Å²) in [4.78, 5) is 26.9. The molecule has 2 heterocycles. The molecular weight excluding hydrogens is 284 g/mol. The Kier molecular flexibility index (Phi) is 4.61. The van der Waals surface area contributed by atoms with E-state index in [0.29, 0.717) is 0 Å². The zero-order valence-corrected chi connectivity index (χ0v) is 12.0. The van der Waals surface area contributed by atoms with E-state index in [-0.39, 0.29) is 12.1 Å². The Morgan fingerprint density at radius 3 is 2.65 bits per heavy atom. The average molecular weight is 301 g/mol. The topological polar surface area (TPSA) is 78.7 Å². The number of rotatable bonds is 4. The van der Waals surface area contributed by atoms with Gasteiger partial charge >= 0.3 is 5.97 Å². The highest BCUT2D eigenvalue weighted by Crippen LogP contribution is 2.12. The van der Waals surface area contributed by atoms with E-state index in [1.54, 1.807) is 6.20 Å². The molecule has 1 aromatic rings. The van der Waals surface area contributed by atoms with Crippen molar-refractivity contribution in [2.45, 2.75) is 11.9 Å². The number of halogens is 1. The average Bonchev–Trinajstić information content (AvgIpc) is 2.41. The summed E-state index contributed by atoms with van der Waals surface area (Å²) in [5.41, 5.74) is 0.425. The highest BCUT2D eigenvalue weighted by atomic mass is 35.5. The zero-order valence-electron chi connectivity index (χ0n) is 11.2. The van der Waals surface area contributed by atoms with Gasteiger partial charge in [-0.3, -0.25) is 9.59 Å². The highest BCUT2D eigenvalue weighted by molar-refractivity contribution is 6.29. The first-order valence-electron chi connectivity index (χ1n) is 6.35. The third kappa shape index (κ3) is 3.49. The molecular formula is C12H17ClN4O3. The van der Waals surface area contributed by atoms with Crippen LogP contribution in [0, 0.1) is 0 Å². The largest absolute Gasteiger partial charge is 0.480 e. The lowest BCUT2D eigenvalue weighted by molar-refractivity contribution is -0.136. The summed E-state index contributed by atoms with van der Waals surface area (Å²) in [5, 5.41) is 11.6. The molecule has 0 aromatic carbocycles. The predicted molar refractivity (Wildman–Crippen MR) is 75.5 cm³/mol. The van der Waals surface area contributed by atoms with Crippen LogP contribution < -0.4 is 10.5 Å². The monoisotopic (exact) mass is 300 g/mol. The Morgan fingerprint density at radius 2 is 2.10 bits per heavy atom. The number of hydrogen-bond acceptors (Lipinski definition) is 5. The Hall–Kier alpha value is -1.60. The van der Waals surface area contributed by atoms with E-state index in [1.807, 2.05) is 0 Å². The van der Waals surface area contributed by atoms with Crippen LogP contribution in [0.15, 0.2) is 17.1 Å². The van der Waals surface area contributed by atoms with Gasteiger partial charge in [-0.2, -0.15) is 5.10 Å². The second-order valence-corrected chi connectivity index (χ2v) is 5.36. The number of likely N-dealkylation sites (N-methyl/N-ethyl adjacent to an activating group) is 1. The number of nitrogens with zero attached hydrogens (tertiary/aromatic N) is 4. The normalized spacial score (nSPS) is 18.0. The minimum Gasteiger partial charge on any atom is -0.480 e. The van der Waals surface area contributed by atoms with Crippen LogP contribution in [0.5, 0.6) is 0 Å². The molecule has 8 heteroatoms. The minimum absolute atomic E-state index is 0.140. The molecule has 1 fully saturated rings. The van der Waals surface area contributed by atoms with Gasteiger partial charge in [0.1, 0.15) is 0 Å². The summed E-state index contributed by atoms with van der Waals surface area (Å²) < 4.78 is 1.07. The van der Waals surface area contributed by atoms with E-state index in [4.69, 9.17) is 16.7 Å². The maximum Gasteiger partial charge on any atom is 0.323 e. The van der Waals surface area contributed by atoms with Crippen LogP contribution in [0.4, 0.5) is 5.69 Å². The van der Waals surface area contributed by atoms with Gasteiger partial charge < -0.3 is 14.9 Å². The lowest BCUT2D eigenvalue weighted by Gasteiger charge is -2.33. The zero-order chi connectivity index (χ0) is 14.7. The molecule has 20 heavy (non-hydrogen) atoms. The number of alkyl halides is 1. The smallest absolute Gasteiger partial charge is 0.323 e. The fourth-order valence-electron chi connectivity index (χ4n) is 2.03. The maximum atomic E-state index is 11.9. The molecule has 7 nitrogen and oxygen atoms in total. The summed E-state index contributed by atoms with van der Waals surface area (Å²) in [7, 11) is 2.06. The van der Waals surface area contributed by atoms with Gasteiger partial charge in [0, 0.05) is 32.2 Å². The number of aromatic nitrogens is 2. The number of hydrogen-bond donors (Lipinski definition) is 1. The van der Waals surface area contributed by atoms with E-state index in [0.717, 1.165) is 36.5 Å². The Morgan fingerprint density at radius 1 is 1.45 bits per heavy atom. The van der Waals surface area contributed by atoms with Crippen molar-refractivity contribution in [1.29, 1.82) is 0 Å². The second kappa shape index (κ2) is 6.23. The minimum atomic E-state index is -1.16. The van der Waals surface area contributed by atoms with Gasteiger partial charge in [0.2, 0.25) is 0 Å². The molecule has 1 saturated heterocycles. The molecule has 1 atom stereocenters. The van der Waals surface area contributed by atoms with Crippen molar-refractivity contribution in [3.05, 3.63) is 22.6 Å². The summed E-state index contributed by atoms with van der Waals surface area (Å²) in [6.45, 7) is 3.42. The summed E-state index contributed by atoms with van der Waals surface area (Å²) in [5.74, 6) is -1.16. The van der Waals surface area contributed by atoms with Crippen molar-refractivity contribution in [2.75, 3.05) is 38.1 Å². The van der Waals surface area contributed by atoms with Crippen LogP contribution in [-0.4, -0.2) is 64.4 Å². The SMILES string of the molecule is CN1CCN(c2cnn(CC(Cl)C(=O)O)c(=O)c2)CC1. The van der Waals surface area contributed by atoms with Crippen molar-refractivity contribution in [3.63, 3.8) is 0 Å². The van der Waals surface area contributed by atoms with Crippen LogP contribution >= 0.6 is 11.6 Å². The van der Waals surface area contributed by atoms with Gasteiger partial charge in [0.05, 0.1) is 18.4 Å². The molecule has 1 N–H and O–H groups in total. The number of piperazine rings is 1. The molecule has 2 rings (SSSR count). The molecule has 0 amide bonds. The highest BCUT2D eigenvalue weighted by Gasteiger charge is 2.18. The lowest BCUT2D eigenvalue weighted by Crippen LogP contribution is -2.45. The third-order valence-electron chi connectivity index (χ3n) is 3.32. The Bertz CT molecular complexity index is 540. The van der Waals surface area contributed by atoms with Gasteiger partial charge in [0.25, 0.3) is 5.56 Å². The van der Waals surface area contributed by atoms with Crippen LogP contribution in [0.1, 0.15) is 0 Å². The van der Waals surface area contributed by atoms with Crippen molar-refractivity contribution in [1.82, 2.24) is 14.7 Å². The molecule has 0 aliphatic carbocycles. The van der Waals surface area contributed by atoms with Crippen LogP contribution in [0.3, 0.4) is 0 Å².